The van der Waals surface area contributed by atoms with Crippen LogP contribution in [0.5, 0.6) is 0 Å². The first kappa shape index (κ1) is 30.5. The molecule has 1 fully saturated rings. The van der Waals surface area contributed by atoms with Crippen LogP contribution in [0.15, 0.2) is 54.7 Å². The molecule has 3 heterocycles. The largest absolute Gasteiger partial charge is 0.471 e. The number of thiazole rings is 1. The molecule has 6 rings (SSSR count). The van der Waals surface area contributed by atoms with Crippen molar-refractivity contribution in [1.82, 2.24) is 19.9 Å². The van der Waals surface area contributed by atoms with Gasteiger partial charge in [0, 0.05) is 49.2 Å². The average Bonchev–Trinajstić information content (AvgIpc) is 3.45. The van der Waals surface area contributed by atoms with Gasteiger partial charge >= 0.3 is 12.1 Å². The van der Waals surface area contributed by atoms with E-state index in [-0.39, 0.29) is 30.9 Å². The zero-order valence-electron chi connectivity index (χ0n) is 24.6. The molecule has 2 aromatic carbocycles. The second-order valence-electron chi connectivity index (χ2n) is 11.4. The van der Waals surface area contributed by atoms with Crippen LogP contribution in [0.1, 0.15) is 43.2 Å². The van der Waals surface area contributed by atoms with Gasteiger partial charge in [-0.15, -0.1) is 0 Å². The monoisotopic (exact) mass is 635 g/mol. The topological polar surface area (TPSA) is 117 Å². The maximum Gasteiger partial charge on any atom is 0.471 e. The lowest BCUT2D eigenvalue weighted by molar-refractivity contribution is -0.186. The Morgan fingerprint density at radius 2 is 1.84 bits per heavy atom. The van der Waals surface area contributed by atoms with E-state index >= 15 is 0 Å². The molecule has 2 aromatic heterocycles. The number of alkyl halides is 3. The summed E-state index contributed by atoms with van der Waals surface area (Å²) in [6, 6.07) is 14.8. The van der Waals surface area contributed by atoms with Crippen LogP contribution in [0, 0.1) is 5.92 Å². The highest BCUT2D eigenvalue weighted by atomic mass is 32.1. The summed E-state index contributed by atoms with van der Waals surface area (Å²) in [6.07, 6.45) is 2.19. The number of rotatable bonds is 6. The van der Waals surface area contributed by atoms with Crippen molar-refractivity contribution in [3.63, 3.8) is 0 Å². The van der Waals surface area contributed by atoms with E-state index < -0.39 is 12.1 Å². The van der Waals surface area contributed by atoms with E-state index in [1.165, 1.54) is 17.8 Å². The fourth-order valence-electron chi connectivity index (χ4n) is 5.98. The summed E-state index contributed by atoms with van der Waals surface area (Å²) in [4.78, 5) is 41.9. The summed E-state index contributed by atoms with van der Waals surface area (Å²) in [5, 5.41) is 3.49. The predicted molar refractivity (Wildman–Crippen MR) is 168 cm³/mol. The second kappa shape index (κ2) is 12.5. The van der Waals surface area contributed by atoms with Crippen LogP contribution in [0.25, 0.3) is 21.8 Å². The molecular formula is C32H32F3N7O2S. The zero-order chi connectivity index (χ0) is 31.7. The van der Waals surface area contributed by atoms with Gasteiger partial charge in [0.05, 0.1) is 16.3 Å². The summed E-state index contributed by atoms with van der Waals surface area (Å²) < 4.78 is 39.0. The lowest BCUT2D eigenvalue weighted by atomic mass is 9.88. The summed E-state index contributed by atoms with van der Waals surface area (Å²) >= 11 is 1.28. The van der Waals surface area contributed by atoms with Gasteiger partial charge in [0.1, 0.15) is 0 Å². The quantitative estimate of drug-likeness (QED) is 0.246. The Balaban J connectivity index is 1.23. The summed E-state index contributed by atoms with van der Waals surface area (Å²) in [7, 11) is 1.81. The maximum absolute atomic E-state index is 13.2. The molecule has 2 aliphatic rings. The third-order valence-electron chi connectivity index (χ3n) is 8.33. The van der Waals surface area contributed by atoms with Crippen molar-refractivity contribution in [1.29, 1.82) is 0 Å². The number of amides is 2. The van der Waals surface area contributed by atoms with Crippen molar-refractivity contribution in [3.05, 3.63) is 65.9 Å². The van der Waals surface area contributed by atoms with E-state index in [0.717, 1.165) is 52.3 Å². The van der Waals surface area contributed by atoms with Crippen LogP contribution in [0.2, 0.25) is 0 Å². The van der Waals surface area contributed by atoms with Gasteiger partial charge in [-0.2, -0.15) is 13.2 Å². The van der Waals surface area contributed by atoms with Crippen molar-refractivity contribution < 1.29 is 22.8 Å². The normalized spacial score (nSPS) is 15.4. The third-order valence-corrected chi connectivity index (χ3v) is 9.24. The molecule has 9 nitrogen and oxygen atoms in total. The zero-order valence-corrected chi connectivity index (χ0v) is 25.4. The highest BCUT2D eigenvalue weighted by Gasteiger charge is 2.43. The lowest BCUT2D eigenvalue weighted by Crippen LogP contribution is -2.43. The van der Waals surface area contributed by atoms with Crippen LogP contribution in [0.4, 0.5) is 35.6 Å². The Labute approximate surface area is 262 Å². The Bertz CT molecular complexity index is 1740. The number of nitrogen functional groups attached to an aromatic ring is 1. The molecule has 234 valence electrons. The molecule has 0 radical (unpaired) electrons. The Morgan fingerprint density at radius 3 is 2.62 bits per heavy atom. The number of nitrogens with two attached hydrogens (primary N) is 1. The number of nitrogens with zero attached hydrogens (tertiary/aromatic N) is 5. The van der Waals surface area contributed by atoms with E-state index in [1.807, 2.05) is 36.4 Å². The number of halogens is 3. The Hall–Kier alpha value is -4.52. The summed E-state index contributed by atoms with van der Waals surface area (Å²) in [5.74, 6) is -1.40. The van der Waals surface area contributed by atoms with E-state index in [0.29, 0.717) is 34.2 Å². The number of hydrogen-bond donors (Lipinski definition) is 2. The molecule has 2 amide bonds. The molecule has 0 saturated heterocycles. The van der Waals surface area contributed by atoms with Gasteiger partial charge < -0.3 is 20.9 Å². The molecule has 3 N–H and O–H groups in total. The van der Waals surface area contributed by atoms with E-state index in [2.05, 4.69) is 20.3 Å². The van der Waals surface area contributed by atoms with Crippen LogP contribution >= 0.6 is 11.3 Å². The lowest BCUT2D eigenvalue weighted by Gasteiger charge is -2.29. The van der Waals surface area contributed by atoms with E-state index in [9.17, 15) is 22.8 Å². The number of nitrogens with one attached hydrogen (secondary N) is 1. The number of carbonyl (C=O) groups excluding carboxylic acids is 2. The van der Waals surface area contributed by atoms with Gasteiger partial charge in [0.15, 0.2) is 5.13 Å². The minimum atomic E-state index is -4.91. The molecule has 1 aliphatic carbocycles. The minimum Gasteiger partial charge on any atom is -0.375 e. The van der Waals surface area contributed by atoms with Gasteiger partial charge in [-0.1, -0.05) is 48.8 Å². The minimum absolute atomic E-state index is 0.0135. The Morgan fingerprint density at radius 1 is 1.04 bits per heavy atom. The van der Waals surface area contributed by atoms with Crippen LogP contribution in [-0.4, -0.2) is 51.4 Å². The smallest absolute Gasteiger partial charge is 0.375 e. The van der Waals surface area contributed by atoms with Crippen molar-refractivity contribution in [2.24, 2.45) is 5.92 Å². The maximum atomic E-state index is 13.2. The fraction of sp³-hybridized carbons (Fsp3) is 0.344. The molecular weight excluding hydrogens is 603 g/mol. The number of fused-ring (bicyclic) bond motifs is 1. The molecule has 0 atom stereocenters. The molecule has 1 saturated carbocycles. The molecule has 45 heavy (non-hydrogen) atoms. The number of benzene rings is 2. The Kier molecular flexibility index (Phi) is 8.45. The number of anilines is 4. The van der Waals surface area contributed by atoms with Gasteiger partial charge in [0.2, 0.25) is 11.9 Å². The first-order valence-electron chi connectivity index (χ1n) is 14.8. The van der Waals surface area contributed by atoms with Crippen LogP contribution in [-0.2, 0) is 22.6 Å². The molecule has 13 heteroatoms. The average molecular weight is 636 g/mol. The summed E-state index contributed by atoms with van der Waals surface area (Å²) in [5.41, 5.74) is 11.0. The summed E-state index contributed by atoms with van der Waals surface area (Å²) in [6.45, 7) is -0.117. The standard InChI is InChI=1S/C32H32F3N7O2S/c1-41(28(43)20-6-3-2-4-7-20)24-9-5-8-21(17-24)26-27(45-30(36)40-26)25-12-14-37-31(39-25)38-23-11-10-19-13-15-42(18-22(19)16-23)29(44)32(33,34)35/h5,8-12,14,16-17,20H,2-4,6-7,13,15,18H2,1H3,(H2,36,40)(H,37,38,39). The predicted octanol–water partition coefficient (Wildman–Crippen LogP) is 6.58. The first-order valence-corrected chi connectivity index (χ1v) is 15.6. The first-order chi connectivity index (χ1) is 21.6. The fourth-order valence-corrected chi connectivity index (χ4v) is 6.80. The van der Waals surface area contributed by atoms with Gasteiger partial charge in [-0.3, -0.25) is 9.59 Å². The third kappa shape index (κ3) is 6.63. The van der Waals surface area contributed by atoms with Gasteiger partial charge in [-0.25, -0.2) is 15.0 Å². The van der Waals surface area contributed by atoms with Crippen molar-refractivity contribution >= 4 is 45.6 Å². The highest BCUT2D eigenvalue weighted by Crippen LogP contribution is 2.39. The molecule has 4 aromatic rings. The number of carbonyl (C=O) groups is 2. The molecule has 0 bridgehead atoms. The van der Waals surface area contributed by atoms with Gasteiger partial charge in [0.25, 0.3) is 0 Å². The second-order valence-corrected chi connectivity index (χ2v) is 12.4. The van der Waals surface area contributed by atoms with E-state index in [4.69, 9.17) is 5.73 Å². The molecule has 1 aliphatic heterocycles. The molecule has 0 unspecified atom stereocenters. The van der Waals surface area contributed by atoms with Crippen LogP contribution < -0.4 is 16.0 Å². The van der Waals surface area contributed by atoms with Crippen LogP contribution in [0.3, 0.4) is 0 Å². The van der Waals surface area contributed by atoms with Crippen molar-refractivity contribution in [2.75, 3.05) is 29.5 Å². The highest BCUT2D eigenvalue weighted by molar-refractivity contribution is 7.19. The van der Waals surface area contributed by atoms with Gasteiger partial charge in [-0.05, 0) is 60.7 Å². The SMILES string of the molecule is CN(C(=O)C1CCCCC1)c1cccc(-c2nc(N)sc2-c2ccnc(Nc3ccc4c(c3)CN(C(=O)C(F)(F)F)CC4)n2)c1. The van der Waals surface area contributed by atoms with Crippen molar-refractivity contribution in [2.45, 2.75) is 51.2 Å². The van der Waals surface area contributed by atoms with Crippen molar-refractivity contribution in [3.8, 4) is 21.8 Å². The van der Waals surface area contributed by atoms with E-state index in [1.54, 1.807) is 30.3 Å². The number of aromatic nitrogens is 3. The molecule has 0 spiro atoms. The number of hydrogen-bond acceptors (Lipinski definition) is 8.